The Morgan fingerprint density at radius 3 is 2.27 bits per heavy atom. The summed E-state index contributed by atoms with van der Waals surface area (Å²) in [7, 11) is -1.42. The lowest BCUT2D eigenvalue weighted by atomic mass is 10.3. The third-order valence-corrected chi connectivity index (χ3v) is 2.93. The summed E-state index contributed by atoms with van der Waals surface area (Å²) in [5.74, 6) is 0. The Hall–Kier alpha value is 0.137. The molecule has 0 amide bonds. The summed E-state index contributed by atoms with van der Waals surface area (Å²) in [5, 5.41) is 9.45. The molecule has 1 rings (SSSR count). The van der Waals surface area contributed by atoms with Crippen molar-refractivity contribution in [2.45, 2.75) is 51.1 Å². The molecule has 0 aromatic heterocycles. The fourth-order valence-electron chi connectivity index (χ4n) is 1.50. The van der Waals surface area contributed by atoms with Crippen LogP contribution in [0.25, 0.3) is 0 Å². The average molecular weight is 174 g/mol. The van der Waals surface area contributed by atoms with Crippen LogP contribution < -0.4 is 0 Å². The summed E-state index contributed by atoms with van der Waals surface area (Å²) in [6.07, 6.45) is 3.04. The second-order valence-corrected chi connectivity index (χ2v) is 8.73. The van der Waals surface area contributed by atoms with Crippen molar-refractivity contribution in [3.8, 4) is 0 Å². The molecule has 1 aliphatic carbocycles. The Morgan fingerprint density at radius 2 is 1.91 bits per heavy atom. The van der Waals surface area contributed by atoms with Gasteiger partial charge in [0.1, 0.15) is 0 Å². The largest absolute Gasteiger partial charge is 0.412 e. The van der Waals surface area contributed by atoms with Gasteiger partial charge in [0.2, 0.25) is 0 Å². The molecular formula is C8H18O2Si. The van der Waals surface area contributed by atoms with Crippen molar-refractivity contribution >= 4 is 8.32 Å². The van der Waals surface area contributed by atoms with Gasteiger partial charge in [-0.1, -0.05) is 0 Å². The maximum absolute atomic E-state index is 9.45. The summed E-state index contributed by atoms with van der Waals surface area (Å²) < 4.78 is 5.80. The molecule has 3 heteroatoms. The lowest BCUT2D eigenvalue weighted by Gasteiger charge is -2.25. The Balaban J connectivity index is 2.37. The zero-order chi connectivity index (χ0) is 8.48. The highest BCUT2D eigenvalue weighted by molar-refractivity contribution is 6.69. The SMILES string of the molecule is C[Si](C)(C)O[C@@H]1CCC[C@H]1O. The molecule has 1 aliphatic rings. The quantitative estimate of drug-likeness (QED) is 0.646. The van der Waals surface area contributed by atoms with E-state index >= 15 is 0 Å². The van der Waals surface area contributed by atoms with Crippen molar-refractivity contribution in [1.29, 1.82) is 0 Å². The Labute approximate surface area is 69.7 Å². The van der Waals surface area contributed by atoms with Crippen LogP contribution in [0.1, 0.15) is 19.3 Å². The van der Waals surface area contributed by atoms with Crippen molar-refractivity contribution in [3.63, 3.8) is 0 Å². The van der Waals surface area contributed by atoms with E-state index in [9.17, 15) is 5.11 Å². The summed E-state index contributed by atoms with van der Waals surface area (Å²) >= 11 is 0. The third kappa shape index (κ3) is 2.93. The molecule has 1 saturated carbocycles. The zero-order valence-electron chi connectivity index (χ0n) is 7.63. The van der Waals surface area contributed by atoms with E-state index < -0.39 is 8.32 Å². The first-order valence-electron chi connectivity index (χ1n) is 4.35. The number of rotatable bonds is 2. The van der Waals surface area contributed by atoms with Gasteiger partial charge >= 0.3 is 0 Å². The van der Waals surface area contributed by atoms with E-state index in [0.29, 0.717) is 0 Å². The van der Waals surface area contributed by atoms with Crippen molar-refractivity contribution in [2.75, 3.05) is 0 Å². The van der Waals surface area contributed by atoms with E-state index in [1.165, 1.54) is 0 Å². The van der Waals surface area contributed by atoms with Crippen LogP contribution in [-0.4, -0.2) is 25.6 Å². The summed E-state index contributed by atoms with van der Waals surface area (Å²) in [6, 6.07) is 0. The zero-order valence-corrected chi connectivity index (χ0v) is 8.63. The van der Waals surface area contributed by atoms with Crippen molar-refractivity contribution in [3.05, 3.63) is 0 Å². The first-order valence-corrected chi connectivity index (χ1v) is 7.76. The predicted octanol–water partition coefficient (Wildman–Crippen LogP) is 1.75. The van der Waals surface area contributed by atoms with Crippen LogP contribution in [0.5, 0.6) is 0 Å². The molecule has 2 nitrogen and oxygen atoms in total. The smallest absolute Gasteiger partial charge is 0.184 e. The van der Waals surface area contributed by atoms with Crippen LogP contribution in [-0.2, 0) is 4.43 Å². The third-order valence-electron chi connectivity index (χ3n) is 1.92. The highest BCUT2D eigenvalue weighted by Gasteiger charge is 2.30. The van der Waals surface area contributed by atoms with Crippen molar-refractivity contribution in [2.24, 2.45) is 0 Å². The second kappa shape index (κ2) is 3.25. The number of aliphatic hydroxyl groups excluding tert-OH is 1. The molecule has 1 N–H and O–H groups in total. The molecular weight excluding hydrogens is 156 g/mol. The van der Waals surface area contributed by atoms with Gasteiger partial charge in [0, 0.05) is 0 Å². The summed E-state index contributed by atoms with van der Waals surface area (Å²) in [6.45, 7) is 6.49. The van der Waals surface area contributed by atoms with Crippen LogP contribution in [0.15, 0.2) is 0 Å². The van der Waals surface area contributed by atoms with Gasteiger partial charge in [-0.15, -0.1) is 0 Å². The Bertz CT molecular complexity index is 131. The maximum Gasteiger partial charge on any atom is 0.184 e. The van der Waals surface area contributed by atoms with Gasteiger partial charge < -0.3 is 9.53 Å². The van der Waals surface area contributed by atoms with Gasteiger partial charge in [-0.2, -0.15) is 0 Å². The van der Waals surface area contributed by atoms with Gasteiger partial charge in [0.05, 0.1) is 12.2 Å². The summed E-state index contributed by atoms with van der Waals surface area (Å²) in [4.78, 5) is 0. The van der Waals surface area contributed by atoms with Crippen LogP contribution in [0.2, 0.25) is 19.6 Å². The van der Waals surface area contributed by atoms with Gasteiger partial charge in [-0.05, 0) is 38.9 Å². The summed E-state index contributed by atoms with van der Waals surface area (Å²) in [5.41, 5.74) is 0. The molecule has 0 spiro atoms. The standard InChI is InChI=1S/C8H18O2Si/c1-11(2,3)10-8-6-4-5-7(8)9/h7-9H,4-6H2,1-3H3/t7-,8-/m1/s1. The minimum Gasteiger partial charge on any atom is -0.412 e. The molecule has 66 valence electrons. The first kappa shape index (κ1) is 9.23. The predicted molar refractivity (Wildman–Crippen MR) is 48.1 cm³/mol. The van der Waals surface area contributed by atoms with Crippen molar-refractivity contribution in [1.82, 2.24) is 0 Å². The molecule has 0 saturated heterocycles. The monoisotopic (exact) mass is 174 g/mol. The minimum atomic E-state index is -1.42. The van der Waals surface area contributed by atoms with E-state index in [1.54, 1.807) is 0 Å². The van der Waals surface area contributed by atoms with Crippen LogP contribution in [0.3, 0.4) is 0 Å². The molecule has 0 aromatic rings. The molecule has 0 aromatic carbocycles. The molecule has 2 atom stereocenters. The fourth-order valence-corrected chi connectivity index (χ4v) is 2.68. The Kier molecular flexibility index (Phi) is 2.73. The van der Waals surface area contributed by atoms with E-state index in [1.807, 2.05) is 0 Å². The highest BCUT2D eigenvalue weighted by atomic mass is 28.4. The second-order valence-electron chi connectivity index (χ2n) is 4.27. The number of hydrogen-bond donors (Lipinski definition) is 1. The van der Waals surface area contributed by atoms with E-state index in [2.05, 4.69) is 19.6 Å². The lowest BCUT2D eigenvalue weighted by molar-refractivity contribution is 0.0556. The van der Waals surface area contributed by atoms with Crippen LogP contribution >= 0.6 is 0 Å². The minimum absolute atomic E-state index is 0.140. The molecule has 0 unspecified atom stereocenters. The van der Waals surface area contributed by atoms with E-state index in [0.717, 1.165) is 19.3 Å². The topological polar surface area (TPSA) is 29.5 Å². The number of hydrogen-bond acceptors (Lipinski definition) is 2. The maximum atomic E-state index is 9.45. The molecule has 0 radical (unpaired) electrons. The van der Waals surface area contributed by atoms with E-state index in [4.69, 9.17) is 4.43 Å². The fraction of sp³-hybridized carbons (Fsp3) is 1.00. The highest BCUT2D eigenvalue weighted by Crippen LogP contribution is 2.24. The lowest BCUT2D eigenvalue weighted by Crippen LogP contribution is -2.35. The van der Waals surface area contributed by atoms with Crippen LogP contribution in [0, 0.1) is 0 Å². The van der Waals surface area contributed by atoms with Crippen molar-refractivity contribution < 1.29 is 9.53 Å². The van der Waals surface area contributed by atoms with Gasteiger partial charge in [-0.25, -0.2) is 0 Å². The van der Waals surface area contributed by atoms with Gasteiger partial charge in [-0.3, -0.25) is 0 Å². The normalized spacial score (nSPS) is 32.7. The molecule has 0 heterocycles. The average Bonchev–Trinajstić information content (AvgIpc) is 2.12. The van der Waals surface area contributed by atoms with Gasteiger partial charge in [0.25, 0.3) is 0 Å². The van der Waals surface area contributed by atoms with E-state index in [-0.39, 0.29) is 12.2 Å². The molecule has 0 aliphatic heterocycles. The number of aliphatic hydroxyl groups is 1. The molecule has 0 bridgehead atoms. The molecule has 1 fully saturated rings. The molecule has 11 heavy (non-hydrogen) atoms. The Morgan fingerprint density at radius 1 is 1.27 bits per heavy atom. The van der Waals surface area contributed by atoms with Gasteiger partial charge in [0.15, 0.2) is 8.32 Å². The first-order chi connectivity index (χ1) is 4.99. The van der Waals surface area contributed by atoms with Crippen LogP contribution in [0.4, 0.5) is 0 Å².